The van der Waals surface area contributed by atoms with E-state index in [9.17, 15) is 8.42 Å². The molecule has 1 aromatic heterocycles. The highest BCUT2D eigenvalue weighted by molar-refractivity contribution is 7.89. The van der Waals surface area contributed by atoms with Crippen molar-refractivity contribution in [3.05, 3.63) is 18.5 Å². The number of nitrogens with zero attached hydrogens (tertiary/aromatic N) is 2. The molecule has 1 saturated heterocycles. The van der Waals surface area contributed by atoms with Crippen LogP contribution in [-0.4, -0.2) is 30.8 Å². The Balaban J connectivity index is 2.30. The lowest BCUT2D eigenvalue weighted by atomic mass is 9.90. The van der Waals surface area contributed by atoms with E-state index in [1.807, 2.05) is 0 Å². The van der Waals surface area contributed by atoms with Crippen LogP contribution in [-0.2, 0) is 10.0 Å². The first-order chi connectivity index (χ1) is 8.43. The second-order valence-corrected chi connectivity index (χ2v) is 6.93. The molecule has 1 aromatic rings. The van der Waals surface area contributed by atoms with Gasteiger partial charge in [0.25, 0.3) is 0 Å². The highest BCUT2D eigenvalue weighted by atomic mass is 32.2. The van der Waals surface area contributed by atoms with Crippen LogP contribution in [0.2, 0.25) is 0 Å². The first kappa shape index (κ1) is 13.3. The SMILES string of the molecule is CC1CCN(S(=O)(=O)c2cnccc2N)CC1C. The van der Waals surface area contributed by atoms with Crippen molar-refractivity contribution in [2.45, 2.75) is 25.2 Å². The van der Waals surface area contributed by atoms with Gasteiger partial charge in [0.15, 0.2) is 0 Å². The third-order valence-corrected chi connectivity index (χ3v) is 5.64. The lowest BCUT2D eigenvalue weighted by Crippen LogP contribution is -2.42. The molecule has 2 unspecified atom stereocenters. The molecule has 1 aliphatic heterocycles. The van der Waals surface area contributed by atoms with Gasteiger partial charge in [-0.15, -0.1) is 0 Å². The quantitative estimate of drug-likeness (QED) is 0.878. The van der Waals surface area contributed by atoms with Gasteiger partial charge in [-0.2, -0.15) is 4.31 Å². The summed E-state index contributed by atoms with van der Waals surface area (Å²) >= 11 is 0. The van der Waals surface area contributed by atoms with Crippen molar-refractivity contribution in [1.82, 2.24) is 9.29 Å². The number of piperidine rings is 1. The summed E-state index contributed by atoms with van der Waals surface area (Å²) < 4.78 is 26.5. The zero-order valence-electron chi connectivity index (χ0n) is 10.7. The molecule has 0 radical (unpaired) electrons. The van der Waals surface area contributed by atoms with Gasteiger partial charge < -0.3 is 5.73 Å². The van der Waals surface area contributed by atoms with Crippen LogP contribution in [0.3, 0.4) is 0 Å². The van der Waals surface area contributed by atoms with E-state index in [0.29, 0.717) is 24.9 Å². The maximum Gasteiger partial charge on any atom is 0.246 e. The molecule has 0 amide bonds. The summed E-state index contributed by atoms with van der Waals surface area (Å²) in [6.45, 7) is 5.35. The number of nitrogen functional groups attached to an aromatic ring is 1. The summed E-state index contributed by atoms with van der Waals surface area (Å²) in [6.07, 6.45) is 3.71. The monoisotopic (exact) mass is 269 g/mol. The molecule has 1 aliphatic rings. The van der Waals surface area contributed by atoms with E-state index in [1.54, 1.807) is 0 Å². The second kappa shape index (κ2) is 4.85. The van der Waals surface area contributed by atoms with Crippen LogP contribution in [0.5, 0.6) is 0 Å². The number of anilines is 1. The van der Waals surface area contributed by atoms with Gasteiger partial charge in [0.05, 0.1) is 5.69 Å². The highest BCUT2D eigenvalue weighted by Gasteiger charge is 2.32. The second-order valence-electron chi connectivity index (χ2n) is 5.02. The van der Waals surface area contributed by atoms with Gasteiger partial charge in [0.1, 0.15) is 4.90 Å². The van der Waals surface area contributed by atoms with Gasteiger partial charge in [-0.3, -0.25) is 4.98 Å². The molecule has 2 heterocycles. The standard InChI is InChI=1S/C12H19N3O2S/c1-9-4-6-15(8-10(9)2)18(16,17)12-7-14-5-3-11(12)13/h3,5,7,9-10H,4,6,8H2,1-2H3,(H2,13,14). The van der Waals surface area contributed by atoms with Gasteiger partial charge in [-0.25, -0.2) is 8.42 Å². The van der Waals surface area contributed by atoms with Crippen LogP contribution >= 0.6 is 0 Å². The summed E-state index contributed by atoms with van der Waals surface area (Å²) in [5, 5.41) is 0. The Labute approximate surface area is 108 Å². The molecule has 18 heavy (non-hydrogen) atoms. The van der Waals surface area contributed by atoms with Crippen LogP contribution in [0.1, 0.15) is 20.3 Å². The smallest absolute Gasteiger partial charge is 0.246 e. The minimum Gasteiger partial charge on any atom is -0.398 e. The Kier molecular flexibility index (Phi) is 3.59. The van der Waals surface area contributed by atoms with Gasteiger partial charge in [0, 0.05) is 25.5 Å². The average molecular weight is 269 g/mol. The minimum atomic E-state index is -3.50. The molecule has 5 nitrogen and oxygen atoms in total. The summed E-state index contributed by atoms with van der Waals surface area (Å²) in [5.74, 6) is 0.925. The lowest BCUT2D eigenvalue weighted by Gasteiger charge is -2.34. The number of hydrogen-bond donors (Lipinski definition) is 1. The Morgan fingerprint density at radius 3 is 2.72 bits per heavy atom. The zero-order chi connectivity index (χ0) is 13.3. The normalized spacial score (nSPS) is 26.1. The van der Waals surface area contributed by atoms with E-state index in [1.165, 1.54) is 22.8 Å². The largest absolute Gasteiger partial charge is 0.398 e. The number of hydrogen-bond acceptors (Lipinski definition) is 4. The van der Waals surface area contributed by atoms with Crippen LogP contribution in [0.25, 0.3) is 0 Å². The number of aromatic nitrogens is 1. The fourth-order valence-corrected chi connectivity index (χ4v) is 3.80. The fourth-order valence-electron chi connectivity index (χ4n) is 2.19. The average Bonchev–Trinajstić information content (AvgIpc) is 2.33. The van der Waals surface area contributed by atoms with E-state index in [-0.39, 0.29) is 10.6 Å². The Morgan fingerprint density at radius 1 is 1.39 bits per heavy atom. The third kappa shape index (κ3) is 2.35. The van der Waals surface area contributed by atoms with Crippen molar-refractivity contribution in [3.63, 3.8) is 0 Å². The van der Waals surface area contributed by atoms with E-state index in [4.69, 9.17) is 5.73 Å². The molecule has 0 aromatic carbocycles. The van der Waals surface area contributed by atoms with Gasteiger partial charge in [0.2, 0.25) is 10.0 Å². The molecule has 2 atom stereocenters. The van der Waals surface area contributed by atoms with Crippen LogP contribution in [0.15, 0.2) is 23.4 Å². The van der Waals surface area contributed by atoms with Crippen molar-refractivity contribution in [3.8, 4) is 0 Å². The molecule has 100 valence electrons. The van der Waals surface area contributed by atoms with E-state index in [0.717, 1.165) is 6.42 Å². The molecule has 0 saturated carbocycles. The number of pyridine rings is 1. The van der Waals surface area contributed by atoms with E-state index < -0.39 is 10.0 Å². The Morgan fingerprint density at radius 2 is 2.11 bits per heavy atom. The van der Waals surface area contributed by atoms with E-state index in [2.05, 4.69) is 18.8 Å². The summed E-state index contributed by atoms with van der Waals surface area (Å²) in [4.78, 5) is 3.97. The predicted octanol–water partition coefficient (Wildman–Crippen LogP) is 1.33. The molecular weight excluding hydrogens is 250 g/mol. The number of rotatable bonds is 2. The fraction of sp³-hybridized carbons (Fsp3) is 0.583. The van der Waals surface area contributed by atoms with Crippen molar-refractivity contribution in [2.75, 3.05) is 18.8 Å². The number of sulfonamides is 1. The van der Waals surface area contributed by atoms with E-state index >= 15 is 0 Å². The van der Waals surface area contributed by atoms with Crippen molar-refractivity contribution in [1.29, 1.82) is 0 Å². The van der Waals surface area contributed by atoms with Crippen LogP contribution in [0, 0.1) is 11.8 Å². The zero-order valence-corrected chi connectivity index (χ0v) is 11.5. The molecule has 0 bridgehead atoms. The van der Waals surface area contributed by atoms with Crippen LogP contribution < -0.4 is 5.73 Å². The molecule has 0 aliphatic carbocycles. The molecule has 2 N–H and O–H groups in total. The predicted molar refractivity (Wildman–Crippen MR) is 70.4 cm³/mol. The van der Waals surface area contributed by atoms with Crippen molar-refractivity contribution in [2.24, 2.45) is 11.8 Å². The molecule has 1 fully saturated rings. The highest BCUT2D eigenvalue weighted by Crippen LogP contribution is 2.28. The topological polar surface area (TPSA) is 76.3 Å². The molecule has 6 heteroatoms. The maximum atomic E-state index is 12.5. The number of nitrogens with two attached hydrogens (primary N) is 1. The van der Waals surface area contributed by atoms with Gasteiger partial charge in [-0.05, 0) is 24.3 Å². The first-order valence-corrected chi connectivity index (χ1v) is 7.56. The summed E-state index contributed by atoms with van der Waals surface area (Å²) in [7, 11) is -3.50. The maximum absolute atomic E-state index is 12.5. The summed E-state index contributed by atoms with van der Waals surface area (Å²) in [5.41, 5.74) is 5.99. The molecule has 0 spiro atoms. The van der Waals surface area contributed by atoms with Crippen LogP contribution in [0.4, 0.5) is 5.69 Å². The minimum absolute atomic E-state index is 0.117. The molecular formula is C12H19N3O2S. The first-order valence-electron chi connectivity index (χ1n) is 6.12. The van der Waals surface area contributed by atoms with Gasteiger partial charge in [-0.1, -0.05) is 13.8 Å². The van der Waals surface area contributed by atoms with Gasteiger partial charge >= 0.3 is 0 Å². The third-order valence-electron chi connectivity index (χ3n) is 3.73. The Hall–Kier alpha value is -1.14. The Bertz CT molecular complexity index is 530. The van der Waals surface area contributed by atoms with Crippen molar-refractivity contribution < 1.29 is 8.42 Å². The summed E-state index contributed by atoms with van der Waals surface area (Å²) in [6, 6.07) is 1.52. The molecule has 2 rings (SSSR count). The lowest BCUT2D eigenvalue weighted by molar-refractivity contribution is 0.212. The van der Waals surface area contributed by atoms with Crippen molar-refractivity contribution >= 4 is 15.7 Å².